The minimum absolute atomic E-state index is 0.0575. The van der Waals surface area contributed by atoms with Gasteiger partial charge in [0.05, 0.1) is 18.6 Å². The number of carbonyl (C=O) groups excluding carboxylic acids is 1. The van der Waals surface area contributed by atoms with Gasteiger partial charge in [-0.1, -0.05) is 6.42 Å². The highest BCUT2D eigenvalue weighted by atomic mass is 79.9. The van der Waals surface area contributed by atoms with E-state index < -0.39 is 0 Å². The molecule has 1 aromatic heterocycles. The van der Waals surface area contributed by atoms with Crippen molar-refractivity contribution in [1.82, 2.24) is 9.55 Å². The number of ether oxygens (including phenoxy) is 1. The van der Waals surface area contributed by atoms with Crippen LogP contribution in [0.25, 0.3) is 0 Å². The molecule has 0 amide bonds. The Hall–Kier alpha value is -1.17. The number of unbranched alkanes of at least 4 members (excludes halogenated alkanes) is 2. The maximum atomic E-state index is 11.8. The number of hydrogen-bond acceptors (Lipinski definition) is 4. The van der Waals surface area contributed by atoms with Crippen LogP contribution >= 0.6 is 15.9 Å². The van der Waals surface area contributed by atoms with Crippen LogP contribution in [0.15, 0.2) is 15.6 Å². The standard InChI is InChI=1S/C13H19BrN2O3/c1-3-19-11(17)7-5-4-6-8-16-9-15-10(2)12(14)13(16)18/h9H,3-8H2,1-2H3. The van der Waals surface area contributed by atoms with Crippen molar-refractivity contribution in [1.29, 1.82) is 0 Å². The molecule has 0 unspecified atom stereocenters. The normalized spacial score (nSPS) is 10.5. The van der Waals surface area contributed by atoms with Gasteiger partial charge in [-0.15, -0.1) is 0 Å². The minimum atomic E-state index is -0.153. The molecule has 1 rings (SSSR count). The average Bonchev–Trinajstić information content (AvgIpc) is 2.38. The summed E-state index contributed by atoms with van der Waals surface area (Å²) in [6.45, 7) is 4.63. The van der Waals surface area contributed by atoms with Gasteiger partial charge < -0.3 is 4.74 Å². The molecule has 5 nitrogen and oxygen atoms in total. The second kappa shape index (κ2) is 8.09. The summed E-state index contributed by atoms with van der Waals surface area (Å²) in [5.41, 5.74) is 0.640. The zero-order valence-corrected chi connectivity index (χ0v) is 12.9. The molecule has 0 spiro atoms. The van der Waals surface area contributed by atoms with E-state index in [9.17, 15) is 9.59 Å². The third-order valence-corrected chi connectivity index (χ3v) is 3.66. The lowest BCUT2D eigenvalue weighted by Crippen LogP contribution is -2.22. The van der Waals surface area contributed by atoms with Gasteiger partial charge >= 0.3 is 5.97 Å². The van der Waals surface area contributed by atoms with Crippen molar-refractivity contribution in [3.63, 3.8) is 0 Å². The predicted octanol–water partition coefficient (Wildman–Crippen LogP) is 2.44. The monoisotopic (exact) mass is 330 g/mol. The fourth-order valence-electron chi connectivity index (χ4n) is 1.67. The van der Waals surface area contributed by atoms with E-state index in [2.05, 4.69) is 20.9 Å². The Morgan fingerprint density at radius 3 is 2.84 bits per heavy atom. The molecule has 0 N–H and O–H groups in total. The summed E-state index contributed by atoms with van der Waals surface area (Å²) in [5.74, 6) is -0.153. The Morgan fingerprint density at radius 2 is 2.16 bits per heavy atom. The van der Waals surface area contributed by atoms with Gasteiger partial charge in [0.15, 0.2) is 0 Å². The molecule has 0 bridgehead atoms. The van der Waals surface area contributed by atoms with Crippen molar-refractivity contribution >= 4 is 21.9 Å². The molecule has 0 aliphatic heterocycles. The molecule has 0 aliphatic carbocycles. The van der Waals surface area contributed by atoms with Crippen LogP contribution < -0.4 is 5.56 Å². The smallest absolute Gasteiger partial charge is 0.305 e. The first-order valence-electron chi connectivity index (χ1n) is 6.43. The van der Waals surface area contributed by atoms with Crippen molar-refractivity contribution in [3.05, 3.63) is 26.8 Å². The van der Waals surface area contributed by atoms with Gasteiger partial charge in [-0.25, -0.2) is 4.98 Å². The molecular weight excluding hydrogens is 312 g/mol. The molecule has 1 heterocycles. The summed E-state index contributed by atoms with van der Waals surface area (Å²) < 4.78 is 6.94. The SMILES string of the molecule is CCOC(=O)CCCCCn1cnc(C)c(Br)c1=O. The second-order valence-electron chi connectivity index (χ2n) is 4.26. The van der Waals surface area contributed by atoms with Crippen LogP contribution in [0.2, 0.25) is 0 Å². The zero-order chi connectivity index (χ0) is 14.3. The van der Waals surface area contributed by atoms with Gasteiger partial charge in [0, 0.05) is 13.0 Å². The molecule has 1 aromatic rings. The van der Waals surface area contributed by atoms with E-state index in [-0.39, 0.29) is 11.5 Å². The lowest BCUT2D eigenvalue weighted by molar-refractivity contribution is -0.143. The van der Waals surface area contributed by atoms with Crippen molar-refractivity contribution in [2.24, 2.45) is 0 Å². The number of aryl methyl sites for hydroxylation is 2. The first kappa shape index (κ1) is 15.9. The predicted molar refractivity (Wildman–Crippen MR) is 76.0 cm³/mol. The molecule has 0 saturated carbocycles. The maximum Gasteiger partial charge on any atom is 0.305 e. The Balaban J connectivity index is 2.33. The van der Waals surface area contributed by atoms with Gasteiger partial charge in [0.1, 0.15) is 4.47 Å². The van der Waals surface area contributed by atoms with Crippen LogP contribution in [0.5, 0.6) is 0 Å². The Bertz CT molecular complexity index is 485. The lowest BCUT2D eigenvalue weighted by Gasteiger charge is -2.06. The molecule has 0 aromatic carbocycles. The summed E-state index contributed by atoms with van der Waals surface area (Å²) in [6, 6.07) is 0. The highest BCUT2D eigenvalue weighted by Gasteiger charge is 2.05. The van der Waals surface area contributed by atoms with Gasteiger partial charge in [0.2, 0.25) is 0 Å². The van der Waals surface area contributed by atoms with E-state index in [0.29, 0.717) is 29.7 Å². The van der Waals surface area contributed by atoms with Crippen molar-refractivity contribution in [2.45, 2.75) is 46.1 Å². The summed E-state index contributed by atoms with van der Waals surface area (Å²) in [6.07, 6.45) is 4.52. The number of esters is 1. The Morgan fingerprint density at radius 1 is 1.42 bits per heavy atom. The van der Waals surface area contributed by atoms with Crippen molar-refractivity contribution in [3.8, 4) is 0 Å². The topological polar surface area (TPSA) is 61.2 Å². The molecule has 0 radical (unpaired) electrons. The van der Waals surface area contributed by atoms with Crippen LogP contribution in [-0.4, -0.2) is 22.1 Å². The molecule has 0 fully saturated rings. The number of carbonyl (C=O) groups is 1. The first-order chi connectivity index (χ1) is 9.06. The molecule has 19 heavy (non-hydrogen) atoms. The highest BCUT2D eigenvalue weighted by molar-refractivity contribution is 9.10. The van der Waals surface area contributed by atoms with Gasteiger partial charge in [-0.05, 0) is 42.6 Å². The van der Waals surface area contributed by atoms with E-state index in [1.54, 1.807) is 24.7 Å². The van der Waals surface area contributed by atoms with Gasteiger partial charge in [-0.3, -0.25) is 14.2 Å². The van der Waals surface area contributed by atoms with Gasteiger partial charge in [0.25, 0.3) is 5.56 Å². The third-order valence-electron chi connectivity index (χ3n) is 2.74. The minimum Gasteiger partial charge on any atom is -0.466 e. The largest absolute Gasteiger partial charge is 0.466 e. The third kappa shape index (κ3) is 5.14. The van der Waals surface area contributed by atoms with Crippen LogP contribution in [0, 0.1) is 6.92 Å². The van der Waals surface area contributed by atoms with Crippen LogP contribution in [-0.2, 0) is 16.1 Å². The number of aromatic nitrogens is 2. The number of hydrogen-bond donors (Lipinski definition) is 0. The fraction of sp³-hybridized carbons (Fsp3) is 0.615. The summed E-state index contributed by atoms with van der Waals surface area (Å²) >= 11 is 3.23. The number of halogens is 1. The van der Waals surface area contributed by atoms with E-state index in [1.807, 2.05) is 0 Å². The molecular formula is C13H19BrN2O3. The van der Waals surface area contributed by atoms with E-state index in [1.165, 1.54) is 0 Å². The van der Waals surface area contributed by atoms with E-state index in [0.717, 1.165) is 19.3 Å². The maximum absolute atomic E-state index is 11.8. The lowest BCUT2D eigenvalue weighted by atomic mass is 10.2. The van der Waals surface area contributed by atoms with E-state index in [4.69, 9.17) is 4.74 Å². The summed E-state index contributed by atoms with van der Waals surface area (Å²) in [5, 5.41) is 0. The molecule has 0 aliphatic rings. The molecule has 6 heteroatoms. The van der Waals surface area contributed by atoms with Crippen LogP contribution in [0.1, 0.15) is 38.3 Å². The quantitative estimate of drug-likeness (QED) is 0.569. The first-order valence-corrected chi connectivity index (χ1v) is 7.22. The Kier molecular flexibility index (Phi) is 6.77. The molecule has 106 valence electrons. The van der Waals surface area contributed by atoms with Crippen LogP contribution in [0.3, 0.4) is 0 Å². The molecule has 0 saturated heterocycles. The van der Waals surface area contributed by atoms with E-state index >= 15 is 0 Å². The highest BCUT2D eigenvalue weighted by Crippen LogP contribution is 2.07. The number of rotatable bonds is 7. The van der Waals surface area contributed by atoms with Crippen molar-refractivity contribution < 1.29 is 9.53 Å². The van der Waals surface area contributed by atoms with Gasteiger partial charge in [-0.2, -0.15) is 0 Å². The average molecular weight is 331 g/mol. The molecule has 0 atom stereocenters. The second-order valence-corrected chi connectivity index (χ2v) is 5.05. The number of nitrogens with zero attached hydrogens (tertiary/aromatic N) is 2. The summed E-state index contributed by atoms with van der Waals surface area (Å²) in [4.78, 5) is 27.1. The zero-order valence-electron chi connectivity index (χ0n) is 11.3. The van der Waals surface area contributed by atoms with Crippen LogP contribution in [0.4, 0.5) is 0 Å². The van der Waals surface area contributed by atoms with Crippen molar-refractivity contribution in [2.75, 3.05) is 6.61 Å². The summed E-state index contributed by atoms with van der Waals surface area (Å²) in [7, 11) is 0. The Labute approximate surface area is 121 Å². The fourth-order valence-corrected chi connectivity index (χ4v) is 2.00.